The smallest absolute Gasteiger partial charge is 0.229 e. The maximum Gasteiger partial charge on any atom is 0.229 e. The Morgan fingerprint density at radius 3 is 2.95 bits per heavy atom. The predicted octanol–water partition coefficient (Wildman–Crippen LogP) is 2.00. The maximum atomic E-state index is 12.4. The molecule has 0 aliphatic heterocycles. The van der Waals surface area contributed by atoms with Crippen molar-refractivity contribution in [2.75, 3.05) is 26.0 Å². The van der Waals surface area contributed by atoms with Gasteiger partial charge >= 0.3 is 0 Å². The van der Waals surface area contributed by atoms with Crippen LogP contribution < -0.4 is 5.73 Å². The first kappa shape index (κ1) is 15.0. The molecule has 0 atom stereocenters. The van der Waals surface area contributed by atoms with E-state index in [1.165, 1.54) is 11.3 Å². The fraction of sp³-hybridized carbons (Fsp3) is 0.385. The molecule has 108 valence electrons. The number of aromatic nitrogens is 1. The zero-order valence-corrected chi connectivity index (χ0v) is 12.9. The molecule has 0 unspecified atom stereocenters. The first-order valence-corrected chi connectivity index (χ1v) is 7.94. The Morgan fingerprint density at radius 2 is 2.35 bits per heavy atom. The lowest BCUT2D eigenvalue weighted by atomic mass is 10.3. The Kier molecular flexibility index (Phi) is 5.51. The van der Waals surface area contributed by atoms with E-state index in [0.717, 1.165) is 10.6 Å². The number of ether oxygens (including phenoxy) is 1. The molecule has 2 heterocycles. The highest BCUT2D eigenvalue weighted by Crippen LogP contribution is 2.15. The van der Waals surface area contributed by atoms with E-state index in [4.69, 9.17) is 10.5 Å². The third kappa shape index (κ3) is 4.29. The van der Waals surface area contributed by atoms with Gasteiger partial charge in [0.1, 0.15) is 0 Å². The molecule has 0 aliphatic rings. The minimum Gasteiger partial charge on any atom is -0.383 e. The number of rotatable bonds is 7. The lowest BCUT2D eigenvalue weighted by Gasteiger charge is -2.21. The number of hydrogen-bond donors (Lipinski definition) is 1. The van der Waals surface area contributed by atoms with Crippen molar-refractivity contribution in [2.45, 2.75) is 13.0 Å². The van der Waals surface area contributed by atoms with Gasteiger partial charge in [-0.15, -0.1) is 22.7 Å². The second-order valence-corrected chi connectivity index (χ2v) is 6.16. The van der Waals surface area contributed by atoms with Crippen molar-refractivity contribution in [1.82, 2.24) is 9.88 Å². The molecule has 0 radical (unpaired) electrons. The molecule has 1 amide bonds. The van der Waals surface area contributed by atoms with Gasteiger partial charge in [0, 0.05) is 23.9 Å². The topological polar surface area (TPSA) is 68.5 Å². The average Bonchev–Trinajstić information content (AvgIpc) is 3.06. The highest BCUT2D eigenvalue weighted by atomic mass is 32.1. The maximum absolute atomic E-state index is 12.4. The number of carbonyl (C=O) groups is 1. The number of amides is 1. The molecular formula is C13H17N3O2S2. The molecule has 0 fully saturated rings. The van der Waals surface area contributed by atoms with E-state index < -0.39 is 0 Å². The van der Waals surface area contributed by atoms with Gasteiger partial charge in [-0.2, -0.15) is 0 Å². The van der Waals surface area contributed by atoms with Crippen molar-refractivity contribution in [3.8, 4) is 0 Å². The number of carbonyl (C=O) groups excluding carboxylic acids is 1. The Morgan fingerprint density at radius 1 is 1.50 bits per heavy atom. The van der Waals surface area contributed by atoms with Gasteiger partial charge in [0.15, 0.2) is 5.13 Å². The molecule has 0 aromatic carbocycles. The standard InChI is InChI=1S/C13H17N3O2S2/c1-18-5-4-16(8-11-3-2-6-19-11)12(17)7-10-9-20-13(14)15-10/h2-3,6,9H,4-5,7-8H2,1H3,(H2,14,15). The van der Waals surface area contributed by atoms with Crippen molar-refractivity contribution >= 4 is 33.7 Å². The normalized spacial score (nSPS) is 10.7. The van der Waals surface area contributed by atoms with Crippen molar-refractivity contribution in [1.29, 1.82) is 0 Å². The van der Waals surface area contributed by atoms with Crippen LogP contribution in [0.5, 0.6) is 0 Å². The fourth-order valence-corrected chi connectivity index (χ4v) is 3.04. The zero-order valence-electron chi connectivity index (χ0n) is 11.2. The Balaban J connectivity index is 1.99. The van der Waals surface area contributed by atoms with Gasteiger partial charge in [-0.3, -0.25) is 4.79 Å². The third-order valence-corrected chi connectivity index (χ3v) is 4.33. The Labute approximate surface area is 126 Å². The van der Waals surface area contributed by atoms with E-state index in [1.54, 1.807) is 23.3 Å². The van der Waals surface area contributed by atoms with E-state index in [9.17, 15) is 4.79 Å². The molecule has 5 nitrogen and oxygen atoms in total. The molecule has 2 aromatic heterocycles. The first-order valence-electron chi connectivity index (χ1n) is 6.18. The molecule has 2 N–H and O–H groups in total. The summed E-state index contributed by atoms with van der Waals surface area (Å²) in [5, 5.41) is 4.33. The van der Waals surface area contributed by atoms with Gasteiger partial charge in [0.05, 0.1) is 25.3 Å². The summed E-state index contributed by atoms with van der Waals surface area (Å²) in [4.78, 5) is 19.4. The highest BCUT2D eigenvalue weighted by Gasteiger charge is 2.16. The third-order valence-electron chi connectivity index (χ3n) is 2.75. The molecule has 2 aromatic rings. The summed E-state index contributed by atoms with van der Waals surface area (Å²) in [5.41, 5.74) is 6.31. The van der Waals surface area contributed by atoms with Crippen molar-refractivity contribution < 1.29 is 9.53 Å². The van der Waals surface area contributed by atoms with E-state index in [2.05, 4.69) is 4.98 Å². The van der Waals surface area contributed by atoms with E-state index in [0.29, 0.717) is 24.8 Å². The van der Waals surface area contributed by atoms with Crippen molar-refractivity contribution in [2.24, 2.45) is 0 Å². The number of nitrogens with zero attached hydrogens (tertiary/aromatic N) is 2. The Hall–Kier alpha value is -1.44. The van der Waals surface area contributed by atoms with Gasteiger partial charge in [-0.05, 0) is 11.4 Å². The summed E-state index contributed by atoms with van der Waals surface area (Å²) < 4.78 is 5.07. The van der Waals surface area contributed by atoms with Crippen LogP contribution in [-0.4, -0.2) is 36.1 Å². The van der Waals surface area contributed by atoms with E-state index in [-0.39, 0.29) is 12.3 Å². The average molecular weight is 311 g/mol. The van der Waals surface area contributed by atoms with Crippen LogP contribution in [0.25, 0.3) is 0 Å². The van der Waals surface area contributed by atoms with Crippen LogP contribution >= 0.6 is 22.7 Å². The minimum absolute atomic E-state index is 0.0424. The monoisotopic (exact) mass is 311 g/mol. The molecule has 20 heavy (non-hydrogen) atoms. The van der Waals surface area contributed by atoms with Crippen molar-refractivity contribution in [3.05, 3.63) is 33.5 Å². The van der Waals surface area contributed by atoms with Crippen LogP contribution in [0.2, 0.25) is 0 Å². The summed E-state index contributed by atoms with van der Waals surface area (Å²) >= 11 is 3.00. The summed E-state index contributed by atoms with van der Waals surface area (Å²) in [5.74, 6) is 0.0424. The zero-order chi connectivity index (χ0) is 14.4. The lowest BCUT2D eigenvalue weighted by Crippen LogP contribution is -2.34. The van der Waals surface area contributed by atoms with Crippen LogP contribution in [0.3, 0.4) is 0 Å². The second kappa shape index (κ2) is 7.37. The van der Waals surface area contributed by atoms with Crippen LogP contribution in [0.1, 0.15) is 10.6 Å². The first-order chi connectivity index (χ1) is 9.69. The van der Waals surface area contributed by atoms with Crippen LogP contribution in [0.15, 0.2) is 22.9 Å². The number of thiophene rings is 1. The SMILES string of the molecule is COCCN(Cc1cccs1)C(=O)Cc1csc(N)n1. The van der Waals surface area contributed by atoms with Gasteiger partial charge in [0.2, 0.25) is 5.91 Å². The number of thiazole rings is 1. The van der Waals surface area contributed by atoms with E-state index in [1.807, 2.05) is 22.9 Å². The minimum atomic E-state index is 0.0424. The molecule has 0 spiro atoms. The van der Waals surface area contributed by atoms with Crippen LogP contribution in [0.4, 0.5) is 5.13 Å². The summed E-state index contributed by atoms with van der Waals surface area (Å²) in [6.07, 6.45) is 0.281. The summed E-state index contributed by atoms with van der Waals surface area (Å²) in [6.45, 7) is 1.71. The van der Waals surface area contributed by atoms with Crippen LogP contribution in [0, 0.1) is 0 Å². The molecular weight excluding hydrogens is 294 g/mol. The predicted molar refractivity (Wildman–Crippen MR) is 81.8 cm³/mol. The number of anilines is 1. The number of hydrogen-bond acceptors (Lipinski definition) is 6. The quantitative estimate of drug-likeness (QED) is 0.849. The summed E-state index contributed by atoms with van der Waals surface area (Å²) in [6, 6.07) is 4.01. The molecule has 7 heteroatoms. The van der Waals surface area contributed by atoms with Crippen LogP contribution in [-0.2, 0) is 22.5 Å². The number of nitrogens with two attached hydrogens (primary N) is 1. The second-order valence-electron chi connectivity index (χ2n) is 4.24. The van der Waals surface area contributed by atoms with Gasteiger partial charge in [-0.1, -0.05) is 6.07 Å². The summed E-state index contributed by atoms with van der Waals surface area (Å²) in [7, 11) is 1.63. The number of methoxy groups -OCH3 is 1. The van der Waals surface area contributed by atoms with E-state index >= 15 is 0 Å². The fourth-order valence-electron chi connectivity index (χ4n) is 1.75. The highest BCUT2D eigenvalue weighted by molar-refractivity contribution is 7.13. The lowest BCUT2D eigenvalue weighted by molar-refractivity contribution is -0.131. The Bertz CT molecular complexity index is 540. The van der Waals surface area contributed by atoms with Gasteiger partial charge in [0.25, 0.3) is 0 Å². The van der Waals surface area contributed by atoms with Crippen molar-refractivity contribution in [3.63, 3.8) is 0 Å². The molecule has 0 saturated carbocycles. The van der Waals surface area contributed by atoms with Gasteiger partial charge in [-0.25, -0.2) is 4.98 Å². The molecule has 0 saturated heterocycles. The number of nitrogen functional groups attached to an aromatic ring is 1. The molecule has 0 bridgehead atoms. The largest absolute Gasteiger partial charge is 0.383 e. The molecule has 2 rings (SSSR count). The molecule has 0 aliphatic carbocycles. The van der Waals surface area contributed by atoms with Gasteiger partial charge < -0.3 is 15.4 Å².